The van der Waals surface area contributed by atoms with Crippen LogP contribution in [0.25, 0.3) is 11.1 Å². The Hall–Kier alpha value is -3.48. The maximum absolute atomic E-state index is 13.5. The first-order valence-corrected chi connectivity index (χ1v) is 14.2. The van der Waals surface area contributed by atoms with E-state index in [4.69, 9.17) is 0 Å². The predicted molar refractivity (Wildman–Crippen MR) is 159 cm³/mol. The third-order valence-electron chi connectivity index (χ3n) is 8.23. The van der Waals surface area contributed by atoms with Gasteiger partial charge in [0.05, 0.1) is 0 Å². The summed E-state index contributed by atoms with van der Waals surface area (Å²) in [5.41, 5.74) is 6.88. The minimum Gasteiger partial charge on any atom is -0.322 e. The van der Waals surface area contributed by atoms with Gasteiger partial charge in [-0.15, -0.1) is 0 Å². The van der Waals surface area contributed by atoms with Crippen molar-refractivity contribution in [1.29, 1.82) is 0 Å². The Bertz CT molecular complexity index is 1310. The van der Waals surface area contributed by atoms with E-state index in [9.17, 15) is 9.59 Å². The summed E-state index contributed by atoms with van der Waals surface area (Å²) in [7, 11) is 4.00. The van der Waals surface area contributed by atoms with Crippen LogP contribution >= 0.6 is 0 Å². The number of nitrogens with zero attached hydrogens (tertiary/aromatic N) is 3. The maximum atomic E-state index is 13.5. The van der Waals surface area contributed by atoms with Gasteiger partial charge in [-0.2, -0.15) is 0 Å². The number of fused-ring (bicyclic) bond motifs is 1. The molecule has 0 aliphatic carbocycles. The highest BCUT2D eigenvalue weighted by Gasteiger charge is 2.25. The number of carbonyl (C=O) groups is 2. The maximum Gasteiger partial charge on any atom is 0.255 e. The number of aryl methyl sites for hydroxylation is 1. The normalized spacial score (nSPS) is 16.4. The smallest absolute Gasteiger partial charge is 0.255 e. The van der Waals surface area contributed by atoms with Crippen molar-refractivity contribution in [1.82, 2.24) is 9.80 Å². The highest BCUT2D eigenvalue weighted by molar-refractivity contribution is 6.05. The van der Waals surface area contributed by atoms with Gasteiger partial charge in [-0.05, 0) is 98.9 Å². The highest BCUT2D eigenvalue weighted by Crippen LogP contribution is 2.31. The van der Waals surface area contributed by atoms with Crippen molar-refractivity contribution >= 4 is 23.2 Å². The van der Waals surface area contributed by atoms with Crippen molar-refractivity contribution in [2.24, 2.45) is 0 Å². The largest absolute Gasteiger partial charge is 0.322 e. The summed E-state index contributed by atoms with van der Waals surface area (Å²) >= 11 is 0. The van der Waals surface area contributed by atoms with Crippen LogP contribution in [0.5, 0.6) is 0 Å². The molecule has 2 aliphatic heterocycles. The van der Waals surface area contributed by atoms with Crippen LogP contribution in [0.1, 0.15) is 54.1 Å². The molecule has 2 amide bonds. The van der Waals surface area contributed by atoms with Crippen LogP contribution in [0, 0.1) is 0 Å². The van der Waals surface area contributed by atoms with Gasteiger partial charge in [0.25, 0.3) is 5.91 Å². The van der Waals surface area contributed by atoms with E-state index in [0.717, 1.165) is 50.3 Å². The second-order valence-electron chi connectivity index (χ2n) is 11.0. The zero-order chi connectivity index (χ0) is 27.4. The van der Waals surface area contributed by atoms with Crippen LogP contribution in [-0.4, -0.2) is 61.4 Å². The summed E-state index contributed by atoms with van der Waals surface area (Å²) in [6.45, 7) is 6.36. The minimum absolute atomic E-state index is 0.105. The molecule has 0 spiro atoms. The molecule has 1 saturated heterocycles. The quantitative estimate of drug-likeness (QED) is 0.403. The molecular formula is C33H40N4O2. The van der Waals surface area contributed by atoms with E-state index >= 15 is 0 Å². The molecule has 3 aromatic rings. The van der Waals surface area contributed by atoms with Crippen LogP contribution in [0.15, 0.2) is 66.7 Å². The molecule has 0 unspecified atom stereocenters. The monoisotopic (exact) mass is 524 g/mol. The Labute approximate surface area is 232 Å². The first-order valence-electron chi connectivity index (χ1n) is 14.2. The molecule has 204 valence electrons. The molecule has 1 fully saturated rings. The summed E-state index contributed by atoms with van der Waals surface area (Å²) < 4.78 is 0. The predicted octanol–water partition coefficient (Wildman–Crippen LogP) is 5.82. The van der Waals surface area contributed by atoms with E-state index in [2.05, 4.69) is 65.5 Å². The lowest BCUT2D eigenvalue weighted by molar-refractivity contribution is -0.118. The first kappa shape index (κ1) is 27.1. The molecule has 2 aliphatic rings. The summed E-state index contributed by atoms with van der Waals surface area (Å²) in [4.78, 5) is 32.4. The van der Waals surface area contributed by atoms with Crippen molar-refractivity contribution in [3.63, 3.8) is 0 Å². The fourth-order valence-corrected chi connectivity index (χ4v) is 5.93. The van der Waals surface area contributed by atoms with E-state index in [1.807, 2.05) is 30.3 Å². The number of likely N-dealkylation sites (tertiary alicyclic amines) is 1. The van der Waals surface area contributed by atoms with E-state index in [1.54, 1.807) is 11.9 Å². The number of piperidine rings is 1. The lowest BCUT2D eigenvalue weighted by atomic mass is 9.95. The Morgan fingerprint density at radius 3 is 2.49 bits per heavy atom. The van der Waals surface area contributed by atoms with E-state index < -0.39 is 0 Å². The van der Waals surface area contributed by atoms with Gasteiger partial charge in [0, 0.05) is 43.0 Å². The second kappa shape index (κ2) is 12.1. The number of anilines is 2. The number of carbonyl (C=O) groups excluding carboxylic acids is 2. The van der Waals surface area contributed by atoms with Crippen molar-refractivity contribution in [2.75, 3.05) is 43.9 Å². The molecule has 0 saturated carbocycles. The van der Waals surface area contributed by atoms with Gasteiger partial charge in [-0.1, -0.05) is 49.4 Å². The second-order valence-corrected chi connectivity index (χ2v) is 11.0. The van der Waals surface area contributed by atoms with Crippen LogP contribution in [0.4, 0.5) is 11.4 Å². The molecule has 0 aromatic heterocycles. The fourth-order valence-electron chi connectivity index (χ4n) is 5.93. The van der Waals surface area contributed by atoms with Crippen molar-refractivity contribution in [3.8, 4) is 11.1 Å². The molecule has 6 nitrogen and oxygen atoms in total. The van der Waals surface area contributed by atoms with Gasteiger partial charge in [-0.25, -0.2) is 0 Å². The van der Waals surface area contributed by atoms with Gasteiger partial charge >= 0.3 is 0 Å². The summed E-state index contributed by atoms with van der Waals surface area (Å²) in [5, 5.41) is 3.08. The third-order valence-corrected chi connectivity index (χ3v) is 8.23. The standard InChI is InChI=1S/C33H40N4O2/c1-4-18-37(29-16-19-35(2)20-17-29)23-27-21-26(11-14-30(27)24-8-6-5-7-9-24)33(39)34-28-13-10-25-12-15-32(38)36(3)31(25)22-28/h5-11,13-14,21-22,29H,4,12,15-20,23H2,1-3H3,(H,34,39). The van der Waals surface area contributed by atoms with Gasteiger partial charge in [-0.3, -0.25) is 14.5 Å². The Morgan fingerprint density at radius 2 is 1.74 bits per heavy atom. The minimum atomic E-state index is -0.137. The lowest BCUT2D eigenvalue weighted by Gasteiger charge is -2.37. The number of amides is 2. The summed E-state index contributed by atoms with van der Waals surface area (Å²) in [6, 6.07) is 23.0. The number of hydrogen-bond donors (Lipinski definition) is 1. The van der Waals surface area contributed by atoms with Crippen molar-refractivity contribution < 1.29 is 9.59 Å². The average Bonchev–Trinajstić information content (AvgIpc) is 2.96. The number of hydrogen-bond acceptors (Lipinski definition) is 4. The zero-order valence-corrected chi connectivity index (χ0v) is 23.5. The summed E-state index contributed by atoms with van der Waals surface area (Å²) in [5.74, 6) is -0.0321. The zero-order valence-electron chi connectivity index (χ0n) is 23.5. The fraction of sp³-hybridized carbons (Fsp3) is 0.394. The van der Waals surface area contributed by atoms with Crippen LogP contribution in [-0.2, 0) is 17.8 Å². The van der Waals surface area contributed by atoms with Gasteiger partial charge in [0.2, 0.25) is 5.91 Å². The van der Waals surface area contributed by atoms with E-state index in [1.165, 1.54) is 29.5 Å². The Balaban J connectivity index is 1.42. The molecule has 39 heavy (non-hydrogen) atoms. The van der Waals surface area contributed by atoms with Crippen LogP contribution < -0.4 is 10.2 Å². The third kappa shape index (κ3) is 6.23. The lowest BCUT2D eigenvalue weighted by Crippen LogP contribution is -2.43. The van der Waals surface area contributed by atoms with E-state index in [-0.39, 0.29) is 11.8 Å². The van der Waals surface area contributed by atoms with Gasteiger partial charge < -0.3 is 15.1 Å². The molecule has 5 rings (SSSR count). The molecule has 1 N–H and O–H groups in total. The Kier molecular flexibility index (Phi) is 8.44. The molecule has 3 aromatic carbocycles. The molecule has 0 atom stereocenters. The SMILES string of the molecule is CCCN(Cc1cc(C(=O)Nc2ccc3c(c2)N(C)C(=O)CC3)ccc1-c1ccccc1)C1CCN(C)CC1. The van der Waals surface area contributed by atoms with Gasteiger partial charge in [0.1, 0.15) is 0 Å². The number of rotatable bonds is 8. The molecule has 2 heterocycles. The molecular weight excluding hydrogens is 484 g/mol. The van der Waals surface area contributed by atoms with Crippen molar-refractivity contribution in [2.45, 2.75) is 51.6 Å². The summed E-state index contributed by atoms with van der Waals surface area (Å²) in [6.07, 6.45) is 4.71. The highest BCUT2D eigenvalue weighted by atomic mass is 16.2. The number of nitrogens with one attached hydrogen (secondary N) is 1. The van der Waals surface area contributed by atoms with Crippen molar-refractivity contribution in [3.05, 3.63) is 83.4 Å². The number of benzene rings is 3. The average molecular weight is 525 g/mol. The van der Waals surface area contributed by atoms with Gasteiger partial charge in [0.15, 0.2) is 0 Å². The molecule has 0 radical (unpaired) electrons. The Morgan fingerprint density at radius 1 is 0.974 bits per heavy atom. The van der Waals surface area contributed by atoms with Crippen LogP contribution in [0.2, 0.25) is 0 Å². The first-order chi connectivity index (χ1) is 18.9. The molecule has 6 heteroatoms. The van der Waals surface area contributed by atoms with Crippen LogP contribution in [0.3, 0.4) is 0 Å². The topological polar surface area (TPSA) is 55.9 Å². The molecule has 0 bridgehead atoms. The van der Waals surface area contributed by atoms with E-state index in [0.29, 0.717) is 23.7 Å².